The Labute approximate surface area is 380 Å². The SMILES string of the molecule is CCOc1cc(N=Nc2c(S(O)(O)O)cc3cc(S(=O)(=O)O)cc(NSc4ccccc4)c3c2O)c(O)cc1N=Nc1cc(OC)c(N=Nc2ccc(N)c(C(=O)O)c2)cc1OC.[Cu]. The molecule has 339 valence electrons. The van der Waals surface area contributed by atoms with E-state index >= 15 is 0 Å². The number of carbonyl (C=O) groups is 1. The van der Waals surface area contributed by atoms with Crippen LogP contribution in [0.3, 0.4) is 0 Å². The molecule has 1 radical (unpaired) electrons. The summed E-state index contributed by atoms with van der Waals surface area (Å²) in [6, 6.07) is 21.1. The minimum absolute atomic E-state index is 0. The molecule has 0 fully saturated rings. The third kappa shape index (κ3) is 11.1. The molecule has 0 bridgehead atoms. The molecule has 0 aromatic heterocycles. The first-order chi connectivity index (χ1) is 29.9. The summed E-state index contributed by atoms with van der Waals surface area (Å²) >= 11 is 1.02. The zero-order valence-corrected chi connectivity index (χ0v) is 36.6. The Balaban J connectivity index is 0.00000771. The molecule has 10 N–H and O–H groups in total. The second-order valence-electron chi connectivity index (χ2n) is 12.8. The van der Waals surface area contributed by atoms with Crippen LogP contribution in [0.15, 0.2) is 136 Å². The second-order valence-corrected chi connectivity index (χ2v) is 16.5. The van der Waals surface area contributed by atoms with Crippen LogP contribution in [0.2, 0.25) is 0 Å². The molecule has 64 heavy (non-hydrogen) atoms. The molecule has 0 amide bonds. The molecule has 21 nitrogen and oxygen atoms in total. The fourth-order valence-corrected chi connectivity index (χ4v) is 7.62. The molecule has 0 spiro atoms. The Kier molecular flexibility index (Phi) is 15.4. The molecule has 0 atom stereocenters. The van der Waals surface area contributed by atoms with Crippen LogP contribution < -0.4 is 24.7 Å². The standard InChI is InChI=1S/C39H36N8O13S3.Cu/c1-4-60-34-17-26(31(48)16-27(34)44-45-29-19-32(58-2)28(18-33(29)59-3)43-41-21-10-11-25(40)24(14-21)39(50)51)42-46-37-35(63(55,56)57)13-20-12-23(62(52,53)54)15-30(36(20)38(37)49)47-61-22-8-6-5-7-9-22;/h5-19,47-49,55-57H,4,40H2,1-3H3,(H,50,51)(H,52,53,54);. The molecular formula is C39H36CuN8O13S3. The van der Waals surface area contributed by atoms with Crippen LogP contribution in [-0.4, -0.2) is 68.7 Å². The van der Waals surface area contributed by atoms with E-state index in [-0.39, 0.29) is 97.1 Å². The third-order valence-corrected chi connectivity index (χ3v) is 11.2. The predicted octanol–water partition coefficient (Wildman–Crippen LogP) is 11.1. The smallest absolute Gasteiger partial charge is 0.337 e. The summed E-state index contributed by atoms with van der Waals surface area (Å²) in [5, 5.41) is 56.5. The number of fused-ring (bicyclic) bond motifs is 1. The van der Waals surface area contributed by atoms with Crippen LogP contribution in [0.25, 0.3) is 10.8 Å². The monoisotopic (exact) mass is 983 g/mol. The number of aromatic carboxylic acids is 1. The summed E-state index contributed by atoms with van der Waals surface area (Å²) in [7, 11) is -6.78. The number of hydrogen-bond acceptors (Lipinski definition) is 20. The zero-order chi connectivity index (χ0) is 45.6. The molecular weight excluding hydrogens is 948 g/mol. The van der Waals surface area contributed by atoms with Gasteiger partial charge in [0.1, 0.15) is 62.3 Å². The first-order valence-corrected chi connectivity index (χ1v) is 21.6. The number of benzene rings is 6. The Morgan fingerprint density at radius 1 is 0.750 bits per heavy atom. The van der Waals surface area contributed by atoms with Crippen molar-refractivity contribution >= 4 is 95.2 Å². The number of nitrogens with zero attached hydrogens (tertiary/aromatic N) is 6. The van der Waals surface area contributed by atoms with E-state index in [1.165, 1.54) is 50.6 Å². The molecule has 0 aliphatic carbocycles. The number of anilines is 2. The first kappa shape index (κ1) is 48.5. The van der Waals surface area contributed by atoms with Gasteiger partial charge in [-0.3, -0.25) is 4.55 Å². The van der Waals surface area contributed by atoms with E-state index in [9.17, 15) is 46.7 Å². The van der Waals surface area contributed by atoms with Gasteiger partial charge in [-0.05, 0) is 72.8 Å². The van der Waals surface area contributed by atoms with Gasteiger partial charge in [-0.15, -0.1) is 25.6 Å². The van der Waals surface area contributed by atoms with Gasteiger partial charge in [-0.25, -0.2) is 4.79 Å². The first-order valence-electron chi connectivity index (χ1n) is 17.9. The molecule has 0 unspecified atom stereocenters. The molecule has 6 rings (SSSR count). The van der Waals surface area contributed by atoms with Gasteiger partial charge in [0, 0.05) is 51.9 Å². The maximum Gasteiger partial charge on any atom is 0.337 e. The Morgan fingerprint density at radius 3 is 1.92 bits per heavy atom. The molecule has 6 aromatic rings. The number of rotatable bonds is 16. The number of carboxylic acid groups (broad SMARTS) is 1. The number of nitrogens with two attached hydrogens (primary N) is 1. The van der Waals surface area contributed by atoms with E-state index < -0.39 is 53.9 Å². The van der Waals surface area contributed by atoms with Crippen LogP contribution in [0.5, 0.6) is 28.7 Å². The van der Waals surface area contributed by atoms with Crippen LogP contribution in [0.1, 0.15) is 17.3 Å². The number of hydrogen-bond donors (Lipinski definition) is 9. The zero-order valence-electron chi connectivity index (χ0n) is 33.2. The number of phenolic OH excluding ortho intramolecular Hbond substituents is 2. The molecule has 0 aliphatic rings. The second kappa shape index (κ2) is 20.3. The third-order valence-electron chi connectivity index (χ3n) is 8.64. The van der Waals surface area contributed by atoms with Crippen molar-refractivity contribution in [3.63, 3.8) is 0 Å². The van der Waals surface area contributed by atoms with Gasteiger partial charge < -0.3 is 53.6 Å². The molecule has 0 heterocycles. The maximum atomic E-state index is 12.2. The van der Waals surface area contributed by atoms with E-state index in [0.29, 0.717) is 4.90 Å². The Hall–Kier alpha value is -6.54. The molecule has 0 aliphatic heterocycles. The fourth-order valence-electron chi connectivity index (χ4n) is 5.71. The number of aromatic hydroxyl groups is 2. The number of nitrogens with one attached hydrogen (secondary N) is 1. The summed E-state index contributed by atoms with van der Waals surface area (Å²) in [6.45, 7) is 1.77. The van der Waals surface area contributed by atoms with Crippen molar-refractivity contribution in [2.24, 2.45) is 30.7 Å². The van der Waals surface area contributed by atoms with Crippen molar-refractivity contribution in [3.8, 4) is 28.7 Å². The molecule has 6 aromatic carbocycles. The van der Waals surface area contributed by atoms with E-state index in [0.717, 1.165) is 36.2 Å². The van der Waals surface area contributed by atoms with Crippen molar-refractivity contribution in [2.45, 2.75) is 21.6 Å². The average Bonchev–Trinajstić information content (AvgIpc) is 3.24. The summed E-state index contributed by atoms with van der Waals surface area (Å²) in [5.74, 6) is -2.19. The Bertz CT molecular complexity index is 2940. The molecule has 0 saturated heterocycles. The quantitative estimate of drug-likeness (QED) is 0.0143. The van der Waals surface area contributed by atoms with Crippen molar-refractivity contribution in [3.05, 3.63) is 96.6 Å². The minimum atomic E-state index is -4.82. The fraction of sp³-hybridized carbons (Fsp3) is 0.103. The summed E-state index contributed by atoms with van der Waals surface area (Å²) in [4.78, 5) is 10.8. The minimum Gasteiger partial charge on any atom is -0.506 e. The van der Waals surface area contributed by atoms with Crippen molar-refractivity contribution in [1.82, 2.24) is 0 Å². The van der Waals surface area contributed by atoms with Gasteiger partial charge >= 0.3 is 5.97 Å². The van der Waals surface area contributed by atoms with E-state index in [4.69, 9.17) is 19.9 Å². The van der Waals surface area contributed by atoms with Crippen molar-refractivity contribution in [1.29, 1.82) is 0 Å². The summed E-state index contributed by atoms with van der Waals surface area (Å²) in [5.41, 5.74) is 5.17. The normalized spacial score (nSPS) is 12.2. The maximum absolute atomic E-state index is 12.2. The van der Waals surface area contributed by atoms with Gasteiger partial charge in [0.2, 0.25) is 0 Å². The van der Waals surface area contributed by atoms with E-state index in [2.05, 4.69) is 35.4 Å². The van der Waals surface area contributed by atoms with E-state index in [1.807, 2.05) is 0 Å². The summed E-state index contributed by atoms with van der Waals surface area (Å²) in [6.07, 6.45) is 0. The van der Waals surface area contributed by atoms with Gasteiger partial charge in [-0.1, -0.05) is 18.2 Å². The van der Waals surface area contributed by atoms with Crippen molar-refractivity contribution in [2.75, 3.05) is 31.3 Å². The Morgan fingerprint density at radius 2 is 1.34 bits per heavy atom. The number of ether oxygens (including phenoxy) is 3. The number of azo groups is 3. The number of methoxy groups -OCH3 is 2. The van der Waals surface area contributed by atoms with Crippen LogP contribution in [-0.2, 0) is 27.2 Å². The van der Waals surface area contributed by atoms with Gasteiger partial charge in [0.15, 0.2) is 5.75 Å². The van der Waals surface area contributed by atoms with Crippen LogP contribution in [0, 0.1) is 0 Å². The number of phenols is 2. The largest absolute Gasteiger partial charge is 0.506 e. The van der Waals surface area contributed by atoms with Gasteiger partial charge in [0.05, 0.1) is 52.9 Å². The summed E-state index contributed by atoms with van der Waals surface area (Å²) < 4.78 is 85.1. The van der Waals surface area contributed by atoms with Crippen LogP contribution in [0.4, 0.5) is 45.5 Å². The number of nitrogen functional groups attached to an aromatic ring is 1. The van der Waals surface area contributed by atoms with Crippen LogP contribution >= 0.6 is 22.8 Å². The molecule has 25 heteroatoms. The van der Waals surface area contributed by atoms with Crippen molar-refractivity contribution < 1.29 is 78.0 Å². The van der Waals surface area contributed by atoms with Gasteiger partial charge in [0.25, 0.3) is 10.1 Å². The van der Waals surface area contributed by atoms with E-state index in [1.54, 1.807) is 37.3 Å². The molecule has 0 saturated carbocycles. The number of carboxylic acids is 1. The predicted molar refractivity (Wildman–Crippen MR) is 234 cm³/mol. The average molecular weight is 985 g/mol. The van der Waals surface area contributed by atoms with Gasteiger partial charge in [-0.2, -0.15) is 13.5 Å². The topological polar surface area (TPSA) is 333 Å².